The number of nitrogens with zero attached hydrogens (tertiary/aromatic N) is 1. The first kappa shape index (κ1) is 15.9. The first-order valence-electron chi connectivity index (χ1n) is 5.88. The minimum Gasteiger partial charge on any atom is -0.311 e. The summed E-state index contributed by atoms with van der Waals surface area (Å²) < 4.78 is 22.8. The van der Waals surface area contributed by atoms with E-state index in [2.05, 4.69) is 17.1 Å². The van der Waals surface area contributed by atoms with E-state index in [4.69, 9.17) is 0 Å². The predicted molar refractivity (Wildman–Crippen MR) is 69.6 cm³/mol. The van der Waals surface area contributed by atoms with E-state index in [0.717, 1.165) is 13.0 Å². The molecule has 0 heterocycles. The lowest BCUT2D eigenvalue weighted by atomic mass is 10.2. The molecule has 16 heavy (non-hydrogen) atoms. The summed E-state index contributed by atoms with van der Waals surface area (Å²) >= 11 is 0. The molecule has 0 aromatic rings. The zero-order chi connectivity index (χ0) is 12.8. The lowest BCUT2D eigenvalue weighted by molar-refractivity contribution is 0.357. The van der Waals surface area contributed by atoms with Gasteiger partial charge in [-0.3, -0.25) is 0 Å². The summed E-state index contributed by atoms with van der Waals surface area (Å²) in [5.74, 6) is 0.459. The average molecular weight is 250 g/mol. The Morgan fingerprint density at radius 3 is 2.19 bits per heavy atom. The number of sulfone groups is 1. The molecule has 0 aliphatic rings. The van der Waals surface area contributed by atoms with Gasteiger partial charge in [-0.25, -0.2) is 8.42 Å². The van der Waals surface area contributed by atoms with E-state index in [0.29, 0.717) is 6.04 Å². The molecule has 0 saturated carbocycles. The Kier molecular flexibility index (Phi) is 7.19. The maximum absolute atomic E-state index is 11.4. The maximum atomic E-state index is 11.4. The van der Waals surface area contributed by atoms with Crippen LogP contribution in [0.5, 0.6) is 0 Å². The van der Waals surface area contributed by atoms with Gasteiger partial charge in [-0.15, -0.1) is 0 Å². The van der Waals surface area contributed by atoms with E-state index in [1.54, 1.807) is 6.92 Å². The fourth-order valence-electron chi connectivity index (χ4n) is 1.57. The monoisotopic (exact) mass is 250 g/mol. The summed E-state index contributed by atoms with van der Waals surface area (Å²) in [5, 5.41) is 3.32. The zero-order valence-electron chi connectivity index (χ0n) is 11.2. The first-order chi connectivity index (χ1) is 7.26. The van der Waals surface area contributed by atoms with Crippen LogP contribution in [0.4, 0.5) is 0 Å². The van der Waals surface area contributed by atoms with Crippen LogP contribution in [0.3, 0.4) is 0 Å². The highest BCUT2D eigenvalue weighted by Crippen LogP contribution is 1.99. The Balaban J connectivity index is 3.91. The molecule has 1 N–H and O–H groups in total. The number of hydrogen-bond donors (Lipinski definition) is 1. The van der Waals surface area contributed by atoms with Crippen LogP contribution in [0.1, 0.15) is 27.2 Å². The molecule has 0 amide bonds. The molecular weight excluding hydrogens is 224 g/mol. The highest BCUT2D eigenvalue weighted by molar-refractivity contribution is 7.91. The van der Waals surface area contributed by atoms with Crippen molar-refractivity contribution < 1.29 is 8.42 Å². The van der Waals surface area contributed by atoms with Crippen LogP contribution in [0.25, 0.3) is 0 Å². The normalized spacial score (nSPS) is 16.4. The molecule has 0 saturated heterocycles. The molecule has 98 valence electrons. The molecule has 0 radical (unpaired) electrons. The van der Waals surface area contributed by atoms with Crippen molar-refractivity contribution in [2.45, 2.75) is 39.3 Å². The van der Waals surface area contributed by atoms with E-state index in [-0.39, 0.29) is 17.5 Å². The molecule has 0 rings (SSSR count). The largest absolute Gasteiger partial charge is 0.311 e. The summed E-state index contributed by atoms with van der Waals surface area (Å²) in [5.41, 5.74) is 0. The molecule has 5 heteroatoms. The van der Waals surface area contributed by atoms with Crippen molar-refractivity contribution in [2.75, 3.05) is 32.1 Å². The minimum absolute atomic E-state index is 0.0297. The lowest BCUT2D eigenvalue weighted by Crippen LogP contribution is -2.40. The molecule has 0 fully saturated rings. The third kappa shape index (κ3) is 8.07. The van der Waals surface area contributed by atoms with Crippen molar-refractivity contribution in [2.24, 2.45) is 0 Å². The van der Waals surface area contributed by atoms with E-state index in [9.17, 15) is 8.42 Å². The van der Waals surface area contributed by atoms with Gasteiger partial charge in [0.15, 0.2) is 9.84 Å². The van der Waals surface area contributed by atoms with Crippen LogP contribution in [-0.4, -0.2) is 57.5 Å². The van der Waals surface area contributed by atoms with Gasteiger partial charge < -0.3 is 10.2 Å². The molecule has 0 aromatic heterocycles. The Labute approximate surface area is 100 Å². The molecule has 0 spiro atoms. The second-order valence-corrected chi connectivity index (χ2v) is 7.16. The molecule has 0 aliphatic carbocycles. The number of nitrogens with one attached hydrogen (secondary N) is 1. The number of hydrogen-bond acceptors (Lipinski definition) is 4. The quantitative estimate of drug-likeness (QED) is 0.690. The third-order valence-corrected chi connectivity index (χ3v) is 4.41. The zero-order valence-corrected chi connectivity index (χ0v) is 12.0. The Bertz CT molecular complexity index is 276. The fraction of sp³-hybridized carbons (Fsp3) is 1.00. The van der Waals surface area contributed by atoms with Crippen molar-refractivity contribution in [3.8, 4) is 0 Å². The van der Waals surface area contributed by atoms with Crippen LogP contribution >= 0.6 is 0 Å². The Hall–Kier alpha value is -0.130. The van der Waals surface area contributed by atoms with Crippen molar-refractivity contribution >= 4 is 9.84 Å². The van der Waals surface area contributed by atoms with Gasteiger partial charge in [0.2, 0.25) is 0 Å². The van der Waals surface area contributed by atoms with Crippen LogP contribution < -0.4 is 5.32 Å². The minimum atomic E-state index is -2.87. The number of rotatable bonds is 8. The Morgan fingerprint density at radius 2 is 1.75 bits per heavy atom. The maximum Gasteiger partial charge on any atom is 0.151 e. The van der Waals surface area contributed by atoms with E-state index >= 15 is 0 Å². The lowest BCUT2D eigenvalue weighted by Gasteiger charge is -2.21. The second kappa shape index (κ2) is 7.25. The third-order valence-electron chi connectivity index (χ3n) is 2.52. The Morgan fingerprint density at radius 1 is 1.19 bits per heavy atom. The van der Waals surface area contributed by atoms with Crippen LogP contribution in [0.2, 0.25) is 0 Å². The molecule has 2 atom stereocenters. The van der Waals surface area contributed by atoms with Gasteiger partial charge >= 0.3 is 0 Å². The van der Waals surface area contributed by atoms with Gasteiger partial charge in [0.05, 0.1) is 5.75 Å². The highest BCUT2D eigenvalue weighted by atomic mass is 32.2. The summed E-state index contributed by atoms with van der Waals surface area (Å²) in [4.78, 5) is 2.13. The topological polar surface area (TPSA) is 49.4 Å². The van der Waals surface area contributed by atoms with Crippen LogP contribution in [0.15, 0.2) is 0 Å². The second-order valence-electron chi connectivity index (χ2n) is 4.76. The highest BCUT2D eigenvalue weighted by Gasteiger charge is 2.15. The molecule has 2 unspecified atom stereocenters. The molecule has 4 nitrogen and oxygen atoms in total. The average Bonchev–Trinajstić information content (AvgIpc) is 2.13. The molecule has 0 bridgehead atoms. The standard InChI is InChI=1S/C11H26N2O2S/c1-6-16(14,15)9-11(3)12-10(2)7-8-13(4)5/h10-12H,6-9H2,1-5H3. The smallest absolute Gasteiger partial charge is 0.151 e. The van der Waals surface area contributed by atoms with Crippen LogP contribution in [0, 0.1) is 0 Å². The van der Waals surface area contributed by atoms with Crippen molar-refractivity contribution in [1.29, 1.82) is 0 Å². The van der Waals surface area contributed by atoms with Gasteiger partial charge in [0.25, 0.3) is 0 Å². The van der Waals surface area contributed by atoms with Crippen molar-refractivity contribution in [1.82, 2.24) is 10.2 Å². The van der Waals surface area contributed by atoms with E-state index in [1.165, 1.54) is 0 Å². The van der Waals surface area contributed by atoms with Gasteiger partial charge in [0, 0.05) is 17.8 Å². The summed E-state index contributed by atoms with van der Waals surface area (Å²) in [6.45, 7) is 6.73. The SMILES string of the molecule is CCS(=O)(=O)CC(C)NC(C)CCN(C)C. The van der Waals surface area contributed by atoms with Gasteiger partial charge in [-0.05, 0) is 40.9 Å². The molecule has 0 aromatic carbocycles. The summed E-state index contributed by atoms with van der Waals surface area (Å²) in [7, 11) is 1.21. The molecule has 0 aliphatic heterocycles. The van der Waals surface area contributed by atoms with E-state index < -0.39 is 9.84 Å². The molecular formula is C11H26N2O2S. The van der Waals surface area contributed by atoms with Gasteiger partial charge in [-0.1, -0.05) is 6.92 Å². The van der Waals surface area contributed by atoms with E-state index in [1.807, 2.05) is 21.0 Å². The summed E-state index contributed by atoms with van der Waals surface area (Å²) in [6, 6.07) is 0.381. The van der Waals surface area contributed by atoms with Crippen molar-refractivity contribution in [3.63, 3.8) is 0 Å². The van der Waals surface area contributed by atoms with Crippen LogP contribution in [-0.2, 0) is 9.84 Å². The van der Waals surface area contributed by atoms with Gasteiger partial charge in [-0.2, -0.15) is 0 Å². The predicted octanol–water partition coefficient (Wildman–Crippen LogP) is 0.739. The fourth-order valence-corrected chi connectivity index (χ4v) is 2.66. The van der Waals surface area contributed by atoms with Gasteiger partial charge in [0.1, 0.15) is 0 Å². The first-order valence-corrected chi connectivity index (χ1v) is 7.70. The summed E-state index contributed by atoms with van der Waals surface area (Å²) in [6.07, 6.45) is 1.03. The van der Waals surface area contributed by atoms with Crippen molar-refractivity contribution in [3.05, 3.63) is 0 Å².